The van der Waals surface area contributed by atoms with Crippen LogP contribution in [0.25, 0.3) is 0 Å². The lowest BCUT2D eigenvalue weighted by Gasteiger charge is -2.32. The molecule has 0 amide bonds. The summed E-state index contributed by atoms with van der Waals surface area (Å²) in [6.45, 7) is 3.19. The number of alkyl halides is 1. The van der Waals surface area contributed by atoms with E-state index >= 15 is 0 Å². The Bertz CT molecular complexity index is 393. The standard InChI is InChI=1S/C14H18Cl3N/c15-6-5-11-2-1-7-18(9-11)10-12-3-4-13(16)8-14(12)17/h3-4,8,11H,1-2,5-7,9-10H2. The maximum absolute atomic E-state index is 6.21. The molecule has 4 heteroatoms. The van der Waals surface area contributed by atoms with Gasteiger partial charge in [0.2, 0.25) is 0 Å². The normalized spacial score (nSPS) is 21.2. The molecule has 2 rings (SSSR count). The lowest BCUT2D eigenvalue weighted by molar-refractivity contribution is 0.165. The summed E-state index contributed by atoms with van der Waals surface area (Å²) in [5.74, 6) is 1.50. The Morgan fingerprint density at radius 1 is 1.28 bits per heavy atom. The highest BCUT2D eigenvalue weighted by atomic mass is 35.5. The molecule has 1 fully saturated rings. The molecule has 0 aromatic heterocycles. The Balaban J connectivity index is 1.96. The van der Waals surface area contributed by atoms with E-state index in [0.717, 1.165) is 48.4 Å². The molecule has 1 aromatic rings. The fourth-order valence-electron chi connectivity index (χ4n) is 2.58. The second kappa shape index (κ2) is 7.00. The molecule has 0 bridgehead atoms. The molecular weight excluding hydrogens is 289 g/mol. The van der Waals surface area contributed by atoms with Crippen LogP contribution in [-0.2, 0) is 6.54 Å². The zero-order valence-electron chi connectivity index (χ0n) is 10.3. The Kier molecular flexibility index (Phi) is 5.62. The minimum absolute atomic E-state index is 0.697. The smallest absolute Gasteiger partial charge is 0.0465 e. The third-order valence-corrected chi connectivity index (χ3v) is 4.33. The summed E-state index contributed by atoms with van der Waals surface area (Å²) >= 11 is 18.0. The molecule has 1 aliphatic heterocycles. The number of piperidine rings is 1. The van der Waals surface area contributed by atoms with Crippen LogP contribution >= 0.6 is 34.8 Å². The van der Waals surface area contributed by atoms with Crippen molar-refractivity contribution < 1.29 is 0 Å². The van der Waals surface area contributed by atoms with E-state index in [9.17, 15) is 0 Å². The van der Waals surface area contributed by atoms with Crippen molar-refractivity contribution in [2.45, 2.75) is 25.8 Å². The topological polar surface area (TPSA) is 3.24 Å². The van der Waals surface area contributed by atoms with Gasteiger partial charge in [-0.3, -0.25) is 4.90 Å². The minimum Gasteiger partial charge on any atom is -0.299 e. The fourth-order valence-corrected chi connectivity index (χ4v) is 3.35. The monoisotopic (exact) mass is 305 g/mol. The molecule has 0 radical (unpaired) electrons. The maximum atomic E-state index is 6.21. The Hall–Kier alpha value is 0.0500. The Morgan fingerprint density at radius 3 is 2.83 bits per heavy atom. The van der Waals surface area contributed by atoms with Gasteiger partial charge < -0.3 is 0 Å². The van der Waals surface area contributed by atoms with Gasteiger partial charge in [-0.1, -0.05) is 29.3 Å². The second-order valence-corrected chi connectivity index (χ2v) is 6.18. The third kappa shape index (κ3) is 4.03. The molecular formula is C14H18Cl3N. The van der Waals surface area contributed by atoms with E-state index in [2.05, 4.69) is 4.90 Å². The zero-order chi connectivity index (χ0) is 13.0. The summed E-state index contributed by atoms with van der Waals surface area (Å²) in [5.41, 5.74) is 1.16. The van der Waals surface area contributed by atoms with Crippen LogP contribution in [-0.4, -0.2) is 23.9 Å². The summed E-state index contributed by atoms with van der Waals surface area (Å²) in [7, 11) is 0. The van der Waals surface area contributed by atoms with Crippen molar-refractivity contribution in [3.8, 4) is 0 Å². The van der Waals surface area contributed by atoms with E-state index in [4.69, 9.17) is 34.8 Å². The quantitative estimate of drug-likeness (QED) is 0.720. The zero-order valence-corrected chi connectivity index (χ0v) is 12.6. The lowest BCUT2D eigenvalue weighted by atomic mass is 9.95. The maximum Gasteiger partial charge on any atom is 0.0465 e. The van der Waals surface area contributed by atoms with E-state index < -0.39 is 0 Å². The summed E-state index contributed by atoms with van der Waals surface area (Å²) in [6, 6.07) is 5.75. The minimum atomic E-state index is 0.697. The van der Waals surface area contributed by atoms with Crippen molar-refractivity contribution in [1.29, 1.82) is 0 Å². The largest absolute Gasteiger partial charge is 0.299 e. The van der Waals surface area contributed by atoms with Crippen molar-refractivity contribution in [3.05, 3.63) is 33.8 Å². The highest BCUT2D eigenvalue weighted by Crippen LogP contribution is 2.25. The number of hydrogen-bond acceptors (Lipinski definition) is 1. The predicted molar refractivity (Wildman–Crippen MR) is 79.8 cm³/mol. The van der Waals surface area contributed by atoms with E-state index in [-0.39, 0.29) is 0 Å². The molecule has 1 atom stereocenters. The summed E-state index contributed by atoms with van der Waals surface area (Å²) in [6.07, 6.45) is 3.68. The van der Waals surface area contributed by atoms with Gasteiger partial charge in [0.15, 0.2) is 0 Å². The molecule has 1 aromatic carbocycles. The number of nitrogens with zero attached hydrogens (tertiary/aromatic N) is 1. The van der Waals surface area contributed by atoms with Crippen LogP contribution in [0.3, 0.4) is 0 Å². The van der Waals surface area contributed by atoms with Crippen molar-refractivity contribution in [2.75, 3.05) is 19.0 Å². The molecule has 1 aliphatic rings. The SMILES string of the molecule is ClCCC1CCCN(Cc2ccc(Cl)cc2Cl)C1. The van der Waals surface area contributed by atoms with Crippen molar-refractivity contribution >= 4 is 34.8 Å². The summed E-state index contributed by atoms with van der Waals surface area (Å²) in [5, 5.41) is 1.46. The number of rotatable bonds is 4. The lowest BCUT2D eigenvalue weighted by Crippen LogP contribution is -2.35. The van der Waals surface area contributed by atoms with Crippen LogP contribution in [0.2, 0.25) is 10.0 Å². The van der Waals surface area contributed by atoms with Gasteiger partial charge in [-0.25, -0.2) is 0 Å². The van der Waals surface area contributed by atoms with E-state index in [1.807, 2.05) is 18.2 Å². The first-order valence-electron chi connectivity index (χ1n) is 6.41. The first-order chi connectivity index (χ1) is 8.69. The van der Waals surface area contributed by atoms with E-state index in [1.165, 1.54) is 12.8 Å². The van der Waals surface area contributed by atoms with Crippen molar-refractivity contribution in [1.82, 2.24) is 4.90 Å². The van der Waals surface area contributed by atoms with Crippen LogP contribution in [0.5, 0.6) is 0 Å². The van der Waals surface area contributed by atoms with Gasteiger partial charge in [-0.2, -0.15) is 0 Å². The van der Waals surface area contributed by atoms with Crippen molar-refractivity contribution in [2.24, 2.45) is 5.92 Å². The molecule has 0 saturated carbocycles. The second-order valence-electron chi connectivity index (χ2n) is 4.96. The number of likely N-dealkylation sites (tertiary alicyclic amines) is 1. The molecule has 0 N–H and O–H groups in total. The molecule has 0 spiro atoms. The first-order valence-corrected chi connectivity index (χ1v) is 7.70. The van der Waals surface area contributed by atoms with Gasteiger partial charge in [0.25, 0.3) is 0 Å². The van der Waals surface area contributed by atoms with Gasteiger partial charge in [0, 0.05) is 29.0 Å². The van der Waals surface area contributed by atoms with E-state index in [1.54, 1.807) is 0 Å². The average molecular weight is 307 g/mol. The van der Waals surface area contributed by atoms with Gasteiger partial charge >= 0.3 is 0 Å². The molecule has 1 nitrogen and oxygen atoms in total. The van der Waals surface area contributed by atoms with Crippen LogP contribution in [0, 0.1) is 5.92 Å². The molecule has 1 unspecified atom stereocenters. The first kappa shape index (κ1) is 14.5. The molecule has 1 saturated heterocycles. The highest BCUT2D eigenvalue weighted by molar-refractivity contribution is 6.35. The van der Waals surface area contributed by atoms with Gasteiger partial charge in [-0.15, -0.1) is 11.6 Å². The van der Waals surface area contributed by atoms with Gasteiger partial charge in [-0.05, 0) is 49.4 Å². The molecule has 100 valence electrons. The van der Waals surface area contributed by atoms with Crippen LogP contribution in [0.1, 0.15) is 24.8 Å². The Labute approximate surface area is 124 Å². The van der Waals surface area contributed by atoms with Crippen LogP contribution in [0.15, 0.2) is 18.2 Å². The fraction of sp³-hybridized carbons (Fsp3) is 0.571. The Morgan fingerprint density at radius 2 is 2.11 bits per heavy atom. The third-order valence-electron chi connectivity index (χ3n) is 3.53. The summed E-state index contributed by atoms with van der Waals surface area (Å²) < 4.78 is 0. The van der Waals surface area contributed by atoms with Crippen LogP contribution in [0.4, 0.5) is 0 Å². The van der Waals surface area contributed by atoms with Gasteiger partial charge in [0.05, 0.1) is 0 Å². The predicted octanol–water partition coefficient (Wildman–Crippen LogP) is 4.83. The van der Waals surface area contributed by atoms with Gasteiger partial charge in [0.1, 0.15) is 0 Å². The number of halogens is 3. The highest BCUT2D eigenvalue weighted by Gasteiger charge is 2.19. The van der Waals surface area contributed by atoms with Crippen LogP contribution < -0.4 is 0 Å². The molecule has 1 heterocycles. The number of benzene rings is 1. The molecule has 0 aliphatic carbocycles. The number of hydrogen-bond donors (Lipinski definition) is 0. The van der Waals surface area contributed by atoms with Crippen molar-refractivity contribution in [3.63, 3.8) is 0 Å². The summed E-state index contributed by atoms with van der Waals surface area (Å²) in [4.78, 5) is 2.47. The average Bonchev–Trinajstić information content (AvgIpc) is 2.34. The molecule has 18 heavy (non-hydrogen) atoms. The van der Waals surface area contributed by atoms with E-state index in [0.29, 0.717) is 5.02 Å².